The van der Waals surface area contributed by atoms with E-state index in [-0.39, 0.29) is 24.4 Å². The van der Waals surface area contributed by atoms with Crippen LogP contribution in [0.15, 0.2) is 54.6 Å². The van der Waals surface area contributed by atoms with Crippen LogP contribution in [0.5, 0.6) is 0 Å². The fraction of sp³-hybridized carbons (Fsp3) is 0.381. The highest BCUT2D eigenvalue weighted by Crippen LogP contribution is 2.38. The van der Waals surface area contributed by atoms with Gasteiger partial charge in [-0.3, -0.25) is 0 Å². The monoisotopic (exact) mass is 423 g/mol. The van der Waals surface area contributed by atoms with Gasteiger partial charge in [0.15, 0.2) is 0 Å². The van der Waals surface area contributed by atoms with Gasteiger partial charge in [0.05, 0.1) is 5.60 Å². The number of carbonyl (C=O) groups excluding carboxylic acids is 1. The van der Waals surface area contributed by atoms with Crippen molar-refractivity contribution in [1.82, 2.24) is 9.80 Å². The van der Waals surface area contributed by atoms with Gasteiger partial charge in [-0.15, -0.1) is 12.4 Å². The maximum Gasteiger partial charge on any atom is 0.321 e. The third kappa shape index (κ3) is 5.17. The average Bonchev–Trinajstić information content (AvgIpc) is 2.64. The smallest absolute Gasteiger partial charge is 0.321 e. The van der Waals surface area contributed by atoms with E-state index in [4.69, 9.17) is 11.6 Å². The zero-order chi connectivity index (χ0) is 19.4. The Labute approximate surface area is 177 Å². The summed E-state index contributed by atoms with van der Waals surface area (Å²) >= 11 is 6.00. The van der Waals surface area contributed by atoms with Crippen molar-refractivity contribution in [2.75, 3.05) is 39.0 Å². The van der Waals surface area contributed by atoms with Crippen LogP contribution in [0, 0.1) is 5.92 Å². The van der Waals surface area contributed by atoms with Crippen LogP contribution in [-0.4, -0.2) is 54.7 Å². The van der Waals surface area contributed by atoms with Crippen LogP contribution in [0.2, 0.25) is 5.02 Å². The Hall–Kier alpha value is -1.79. The standard InChI is InChI=1S/C21H26ClN3O2.ClH/c1-24(2)14-17-15-25(20(26)23-19-10-6-9-18(22)13-19)12-11-21(17,27)16-7-4-3-5-8-16;/h3-10,13,17,27H,11-12,14-15H2,1-2H3,(H,23,26);1H. The lowest BCUT2D eigenvalue weighted by Crippen LogP contribution is -2.55. The minimum atomic E-state index is -0.946. The minimum Gasteiger partial charge on any atom is -0.385 e. The summed E-state index contributed by atoms with van der Waals surface area (Å²) < 4.78 is 0. The summed E-state index contributed by atoms with van der Waals surface area (Å²) in [7, 11) is 3.97. The zero-order valence-corrected chi connectivity index (χ0v) is 17.7. The van der Waals surface area contributed by atoms with Crippen molar-refractivity contribution in [3.05, 3.63) is 65.2 Å². The molecule has 2 N–H and O–H groups in total. The molecule has 0 radical (unpaired) electrons. The molecule has 3 rings (SSSR count). The van der Waals surface area contributed by atoms with Crippen LogP contribution < -0.4 is 5.32 Å². The highest BCUT2D eigenvalue weighted by molar-refractivity contribution is 6.30. The maximum absolute atomic E-state index is 12.7. The average molecular weight is 424 g/mol. The molecule has 1 fully saturated rings. The number of carbonyl (C=O) groups is 1. The van der Waals surface area contributed by atoms with Gasteiger partial charge in [0, 0.05) is 36.3 Å². The molecule has 0 aliphatic carbocycles. The molecule has 0 aromatic heterocycles. The van der Waals surface area contributed by atoms with E-state index in [0.29, 0.717) is 36.8 Å². The van der Waals surface area contributed by atoms with Crippen molar-refractivity contribution in [2.24, 2.45) is 5.92 Å². The second-order valence-corrected chi connectivity index (χ2v) is 7.82. The fourth-order valence-electron chi connectivity index (χ4n) is 3.73. The SMILES string of the molecule is CN(C)CC1CN(C(=O)Nc2cccc(Cl)c2)CCC1(O)c1ccccc1.Cl. The van der Waals surface area contributed by atoms with Crippen molar-refractivity contribution < 1.29 is 9.90 Å². The summed E-state index contributed by atoms with van der Waals surface area (Å²) in [6.07, 6.45) is 0.498. The van der Waals surface area contributed by atoms with E-state index >= 15 is 0 Å². The topological polar surface area (TPSA) is 55.8 Å². The van der Waals surface area contributed by atoms with Crippen molar-refractivity contribution in [3.8, 4) is 0 Å². The van der Waals surface area contributed by atoms with Gasteiger partial charge < -0.3 is 20.2 Å². The molecule has 2 atom stereocenters. The van der Waals surface area contributed by atoms with Crippen molar-refractivity contribution >= 4 is 35.7 Å². The number of hydrogen-bond donors (Lipinski definition) is 2. The number of piperidine rings is 1. The van der Waals surface area contributed by atoms with Gasteiger partial charge in [0.1, 0.15) is 0 Å². The third-order valence-electron chi connectivity index (χ3n) is 5.10. The molecule has 0 spiro atoms. The first-order valence-corrected chi connectivity index (χ1v) is 9.50. The molecular weight excluding hydrogens is 397 g/mol. The highest BCUT2D eigenvalue weighted by Gasteiger charge is 2.44. The third-order valence-corrected chi connectivity index (χ3v) is 5.34. The van der Waals surface area contributed by atoms with Crippen LogP contribution in [0.3, 0.4) is 0 Å². The molecule has 2 aromatic rings. The first kappa shape index (κ1) is 22.5. The van der Waals surface area contributed by atoms with Gasteiger partial charge in [0.25, 0.3) is 0 Å². The maximum atomic E-state index is 12.7. The van der Waals surface area contributed by atoms with Crippen LogP contribution in [0.25, 0.3) is 0 Å². The lowest BCUT2D eigenvalue weighted by molar-refractivity contribution is -0.0749. The predicted molar refractivity (Wildman–Crippen MR) is 116 cm³/mol. The number of amides is 2. The van der Waals surface area contributed by atoms with E-state index in [1.54, 1.807) is 23.1 Å². The molecule has 0 bridgehead atoms. The van der Waals surface area contributed by atoms with E-state index in [1.165, 1.54) is 0 Å². The second kappa shape index (κ2) is 9.61. The van der Waals surface area contributed by atoms with Crippen molar-refractivity contribution in [3.63, 3.8) is 0 Å². The Morgan fingerprint density at radius 1 is 1.25 bits per heavy atom. The molecule has 1 saturated heterocycles. The van der Waals surface area contributed by atoms with Crippen LogP contribution in [-0.2, 0) is 5.60 Å². The molecule has 1 aliphatic rings. The Bertz CT molecular complexity index is 788. The molecule has 28 heavy (non-hydrogen) atoms. The summed E-state index contributed by atoms with van der Waals surface area (Å²) in [5.41, 5.74) is 0.630. The number of nitrogens with zero attached hydrogens (tertiary/aromatic N) is 2. The number of rotatable bonds is 4. The van der Waals surface area contributed by atoms with Crippen LogP contribution in [0.4, 0.5) is 10.5 Å². The molecule has 2 amide bonds. The summed E-state index contributed by atoms with van der Waals surface area (Å²) in [5.74, 6) is -0.0891. The summed E-state index contributed by atoms with van der Waals surface area (Å²) in [6.45, 7) is 1.66. The van der Waals surface area contributed by atoms with Crippen LogP contribution in [0.1, 0.15) is 12.0 Å². The largest absolute Gasteiger partial charge is 0.385 e. The molecule has 1 aliphatic heterocycles. The van der Waals surface area contributed by atoms with E-state index in [2.05, 4.69) is 10.2 Å². The quantitative estimate of drug-likeness (QED) is 0.778. The van der Waals surface area contributed by atoms with E-state index < -0.39 is 5.60 Å². The molecule has 7 heteroatoms. The van der Waals surface area contributed by atoms with E-state index in [9.17, 15) is 9.90 Å². The molecular formula is C21H27Cl2N3O2. The number of hydrogen-bond acceptors (Lipinski definition) is 3. The molecule has 2 unspecified atom stereocenters. The van der Waals surface area contributed by atoms with Gasteiger partial charge in [-0.25, -0.2) is 4.79 Å². The van der Waals surface area contributed by atoms with Gasteiger partial charge in [-0.05, 0) is 44.3 Å². The summed E-state index contributed by atoms with van der Waals surface area (Å²) in [5, 5.41) is 15.0. The lowest BCUT2D eigenvalue weighted by Gasteiger charge is -2.45. The van der Waals surface area contributed by atoms with E-state index in [0.717, 1.165) is 5.56 Å². The highest BCUT2D eigenvalue weighted by atomic mass is 35.5. The Balaban J connectivity index is 0.00000280. The molecule has 0 saturated carbocycles. The molecule has 5 nitrogen and oxygen atoms in total. The van der Waals surface area contributed by atoms with E-state index in [1.807, 2.05) is 50.5 Å². The number of halogens is 2. The number of aliphatic hydroxyl groups is 1. The summed E-state index contributed by atoms with van der Waals surface area (Å²) in [6, 6.07) is 16.7. The molecule has 2 aromatic carbocycles. The minimum absolute atomic E-state index is 0. The Morgan fingerprint density at radius 2 is 1.96 bits per heavy atom. The fourth-order valence-corrected chi connectivity index (χ4v) is 3.92. The van der Waals surface area contributed by atoms with Gasteiger partial charge in [-0.1, -0.05) is 48.0 Å². The molecule has 1 heterocycles. The number of urea groups is 1. The normalized spacial score (nSPS) is 21.9. The zero-order valence-electron chi connectivity index (χ0n) is 16.1. The lowest BCUT2D eigenvalue weighted by atomic mass is 9.75. The number of benzene rings is 2. The number of likely N-dealkylation sites (tertiary alicyclic amines) is 1. The predicted octanol–water partition coefficient (Wildman–Crippen LogP) is 4.07. The van der Waals surface area contributed by atoms with Crippen molar-refractivity contribution in [2.45, 2.75) is 12.0 Å². The van der Waals surface area contributed by atoms with Gasteiger partial charge in [-0.2, -0.15) is 0 Å². The van der Waals surface area contributed by atoms with Crippen LogP contribution >= 0.6 is 24.0 Å². The first-order valence-electron chi connectivity index (χ1n) is 9.12. The molecule has 152 valence electrons. The first-order chi connectivity index (χ1) is 12.9. The van der Waals surface area contributed by atoms with Gasteiger partial charge >= 0.3 is 6.03 Å². The van der Waals surface area contributed by atoms with Gasteiger partial charge in [0.2, 0.25) is 0 Å². The summed E-state index contributed by atoms with van der Waals surface area (Å²) in [4.78, 5) is 16.6. The Morgan fingerprint density at radius 3 is 2.61 bits per heavy atom. The number of nitrogens with one attached hydrogen (secondary N) is 1. The number of anilines is 1. The second-order valence-electron chi connectivity index (χ2n) is 7.39. The Kier molecular flexibility index (Phi) is 7.72. The van der Waals surface area contributed by atoms with Crippen molar-refractivity contribution in [1.29, 1.82) is 0 Å².